The molecule has 0 spiro atoms. The Bertz CT molecular complexity index is 372. The van der Waals surface area contributed by atoms with Crippen molar-refractivity contribution >= 4 is 12.4 Å². The molecular weight excluding hydrogens is 264 g/mol. The molecule has 1 aromatic rings. The normalized spacial score (nSPS) is 24.5. The van der Waals surface area contributed by atoms with Crippen LogP contribution < -0.4 is 5.32 Å². The van der Waals surface area contributed by atoms with E-state index in [-0.39, 0.29) is 12.4 Å². The fraction of sp³-hybridized carbons (Fsp3) is 0.846. The third-order valence-electron chi connectivity index (χ3n) is 3.09. The van der Waals surface area contributed by atoms with E-state index >= 15 is 0 Å². The number of nitrogens with zero attached hydrogens (tertiary/aromatic N) is 3. The average Bonchev–Trinajstić information content (AvgIpc) is 2.62. The summed E-state index contributed by atoms with van der Waals surface area (Å²) in [4.78, 5) is 6.83. The van der Waals surface area contributed by atoms with Crippen molar-refractivity contribution in [2.24, 2.45) is 5.92 Å². The molecule has 0 saturated carbocycles. The Labute approximate surface area is 121 Å². The molecule has 0 aliphatic carbocycles. The van der Waals surface area contributed by atoms with E-state index in [1.54, 1.807) is 0 Å². The van der Waals surface area contributed by atoms with E-state index < -0.39 is 0 Å². The van der Waals surface area contributed by atoms with Crippen LogP contribution >= 0.6 is 12.4 Å². The molecule has 6 heteroatoms. The van der Waals surface area contributed by atoms with E-state index in [4.69, 9.17) is 4.52 Å². The summed E-state index contributed by atoms with van der Waals surface area (Å²) >= 11 is 0. The first-order chi connectivity index (χ1) is 8.52. The molecule has 1 N–H and O–H groups in total. The maximum Gasteiger partial charge on any atom is 0.240 e. The second kappa shape index (κ2) is 7.22. The molecule has 2 atom stereocenters. The molecule has 110 valence electrons. The molecular formula is C13H25ClN4O. The Hall–Kier alpha value is -0.650. The van der Waals surface area contributed by atoms with E-state index in [0.29, 0.717) is 18.0 Å². The molecule has 2 rings (SSSR count). The summed E-state index contributed by atoms with van der Waals surface area (Å²) in [6, 6.07) is 1.04. The maximum atomic E-state index is 5.32. The molecule has 1 aromatic heterocycles. The molecule has 19 heavy (non-hydrogen) atoms. The number of aromatic nitrogens is 2. The minimum atomic E-state index is 0. The largest absolute Gasteiger partial charge is 0.338 e. The van der Waals surface area contributed by atoms with Gasteiger partial charge in [-0.25, -0.2) is 0 Å². The Morgan fingerprint density at radius 1 is 1.32 bits per heavy atom. The van der Waals surface area contributed by atoms with Crippen LogP contribution in [0.1, 0.15) is 39.4 Å². The van der Waals surface area contributed by atoms with Crippen LogP contribution in [0.25, 0.3) is 0 Å². The summed E-state index contributed by atoms with van der Waals surface area (Å²) in [5, 5.41) is 7.55. The van der Waals surface area contributed by atoms with Crippen molar-refractivity contribution in [3.8, 4) is 0 Å². The smallest absolute Gasteiger partial charge is 0.240 e. The number of nitrogens with one attached hydrogen (secondary N) is 1. The second-order valence-electron chi connectivity index (χ2n) is 5.87. The van der Waals surface area contributed by atoms with Crippen LogP contribution in [0.4, 0.5) is 0 Å². The van der Waals surface area contributed by atoms with Crippen molar-refractivity contribution in [3.63, 3.8) is 0 Å². The van der Waals surface area contributed by atoms with E-state index in [9.17, 15) is 0 Å². The molecule has 1 aliphatic heterocycles. The molecule has 0 bridgehead atoms. The third-order valence-corrected chi connectivity index (χ3v) is 3.09. The molecule has 2 unspecified atom stereocenters. The Morgan fingerprint density at radius 2 is 1.95 bits per heavy atom. The molecule has 5 nitrogen and oxygen atoms in total. The highest BCUT2D eigenvalue weighted by atomic mass is 35.5. The highest BCUT2D eigenvalue weighted by molar-refractivity contribution is 5.85. The number of rotatable bonds is 4. The number of piperazine rings is 1. The predicted octanol–water partition coefficient (Wildman–Crippen LogP) is 1.87. The average molecular weight is 289 g/mol. The van der Waals surface area contributed by atoms with Crippen LogP contribution in [0.2, 0.25) is 0 Å². The van der Waals surface area contributed by atoms with Gasteiger partial charge in [0.25, 0.3) is 0 Å². The zero-order valence-electron chi connectivity index (χ0n) is 12.2. The molecule has 0 amide bonds. The summed E-state index contributed by atoms with van der Waals surface area (Å²) in [5.74, 6) is 2.14. The van der Waals surface area contributed by atoms with Gasteiger partial charge in [-0.1, -0.05) is 19.0 Å². The SMILES string of the molecule is CC(C)Cc1noc(CN2CC(C)NC(C)C2)n1.Cl. The minimum absolute atomic E-state index is 0. The van der Waals surface area contributed by atoms with Gasteiger partial charge in [0, 0.05) is 31.6 Å². The minimum Gasteiger partial charge on any atom is -0.338 e. The fourth-order valence-corrected chi connectivity index (χ4v) is 2.56. The molecule has 1 fully saturated rings. The fourth-order valence-electron chi connectivity index (χ4n) is 2.56. The molecule has 1 saturated heterocycles. The van der Waals surface area contributed by atoms with Gasteiger partial charge in [-0.05, 0) is 19.8 Å². The lowest BCUT2D eigenvalue weighted by atomic mass is 10.1. The quantitative estimate of drug-likeness (QED) is 0.917. The lowest BCUT2D eigenvalue weighted by Crippen LogP contribution is -2.53. The van der Waals surface area contributed by atoms with Crippen LogP contribution in [0, 0.1) is 5.92 Å². The van der Waals surface area contributed by atoms with Gasteiger partial charge in [0.15, 0.2) is 5.82 Å². The van der Waals surface area contributed by atoms with Crippen LogP contribution in [0.3, 0.4) is 0 Å². The van der Waals surface area contributed by atoms with Gasteiger partial charge in [-0.3, -0.25) is 4.90 Å². The van der Waals surface area contributed by atoms with Crippen LogP contribution in [-0.4, -0.2) is 40.2 Å². The lowest BCUT2D eigenvalue weighted by molar-refractivity contribution is 0.149. The number of hydrogen-bond donors (Lipinski definition) is 1. The van der Waals surface area contributed by atoms with E-state index in [2.05, 4.69) is 48.1 Å². The van der Waals surface area contributed by atoms with Crippen LogP contribution in [-0.2, 0) is 13.0 Å². The number of hydrogen-bond acceptors (Lipinski definition) is 5. The maximum absolute atomic E-state index is 5.32. The predicted molar refractivity (Wildman–Crippen MR) is 77.4 cm³/mol. The van der Waals surface area contributed by atoms with E-state index in [1.165, 1.54) is 0 Å². The van der Waals surface area contributed by atoms with Gasteiger partial charge in [0.05, 0.1) is 6.54 Å². The highest BCUT2D eigenvalue weighted by Crippen LogP contribution is 2.10. The van der Waals surface area contributed by atoms with E-state index in [1.807, 2.05) is 0 Å². The van der Waals surface area contributed by atoms with Crippen molar-refractivity contribution < 1.29 is 4.52 Å². The Morgan fingerprint density at radius 3 is 2.53 bits per heavy atom. The van der Waals surface area contributed by atoms with Crippen LogP contribution in [0.5, 0.6) is 0 Å². The van der Waals surface area contributed by atoms with Crippen molar-refractivity contribution in [2.45, 2.75) is 52.7 Å². The number of halogens is 1. The lowest BCUT2D eigenvalue weighted by Gasteiger charge is -2.35. The van der Waals surface area contributed by atoms with Gasteiger partial charge >= 0.3 is 0 Å². The summed E-state index contributed by atoms with van der Waals surface area (Å²) in [6.45, 7) is 11.6. The Balaban J connectivity index is 0.00000180. The molecule has 0 radical (unpaired) electrons. The topological polar surface area (TPSA) is 54.2 Å². The van der Waals surface area contributed by atoms with Gasteiger partial charge in [0.2, 0.25) is 5.89 Å². The van der Waals surface area contributed by atoms with E-state index in [0.717, 1.165) is 37.8 Å². The van der Waals surface area contributed by atoms with Gasteiger partial charge in [-0.2, -0.15) is 4.98 Å². The summed E-state index contributed by atoms with van der Waals surface area (Å²) in [5.41, 5.74) is 0. The van der Waals surface area contributed by atoms with Gasteiger partial charge in [-0.15, -0.1) is 12.4 Å². The first kappa shape index (κ1) is 16.4. The standard InChI is InChI=1S/C13H24N4O.ClH/c1-9(2)5-12-15-13(18-16-12)8-17-6-10(3)14-11(4)7-17;/h9-11,14H,5-8H2,1-4H3;1H. The summed E-state index contributed by atoms with van der Waals surface area (Å²) in [6.07, 6.45) is 0.887. The first-order valence-corrected chi connectivity index (χ1v) is 6.82. The highest BCUT2D eigenvalue weighted by Gasteiger charge is 2.22. The van der Waals surface area contributed by atoms with Gasteiger partial charge in [0.1, 0.15) is 0 Å². The zero-order valence-corrected chi connectivity index (χ0v) is 13.0. The molecule has 2 heterocycles. The first-order valence-electron chi connectivity index (χ1n) is 6.82. The zero-order chi connectivity index (χ0) is 13.1. The molecule has 1 aliphatic rings. The van der Waals surface area contributed by atoms with Crippen molar-refractivity contribution in [3.05, 3.63) is 11.7 Å². The van der Waals surface area contributed by atoms with Crippen molar-refractivity contribution in [1.29, 1.82) is 0 Å². The second-order valence-corrected chi connectivity index (χ2v) is 5.87. The summed E-state index contributed by atoms with van der Waals surface area (Å²) < 4.78 is 5.32. The van der Waals surface area contributed by atoms with Crippen LogP contribution in [0.15, 0.2) is 4.52 Å². The molecule has 0 aromatic carbocycles. The van der Waals surface area contributed by atoms with Crippen molar-refractivity contribution in [1.82, 2.24) is 20.4 Å². The van der Waals surface area contributed by atoms with Crippen molar-refractivity contribution in [2.75, 3.05) is 13.1 Å². The summed E-state index contributed by atoms with van der Waals surface area (Å²) in [7, 11) is 0. The Kier molecular flexibility index (Phi) is 6.23. The van der Waals surface area contributed by atoms with Gasteiger partial charge < -0.3 is 9.84 Å². The monoisotopic (exact) mass is 288 g/mol. The third kappa shape index (κ3) is 5.09.